The molecule has 0 aliphatic carbocycles. The van der Waals surface area contributed by atoms with Crippen molar-refractivity contribution >= 4 is 10.8 Å². The molecule has 1 heterocycles. The molecule has 0 saturated carbocycles. The van der Waals surface area contributed by atoms with Crippen molar-refractivity contribution in [1.29, 1.82) is 0 Å². The summed E-state index contributed by atoms with van der Waals surface area (Å²) in [5, 5.41) is 10.6. The summed E-state index contributed by atoms with van der Waals surface area (Å²) in [5.74, 6) is 0.188. The van der Waals surface area contributed by atoms with Gasteiger partial charge in [0.25, 0.3) is 0 Å². The quantitative estimate of drug-likeness (QED) is 0.558. The first-order chi connectivity index (χ1) is 4.13. The first-order valence-electron chi connectivity index (χ1n) is 2.62. The lowest BCUT2D eigenvalue weighted by molar-refractivity contribution is 0.422. The van der Waals surface area contributed by atoms with E-state index in [9.17, 15) is 4.21 Å². The Kier molecular flexibility index (Phi) is 1.45. The highest BCUT2D eigenvalue weighted by Gasteiger charge is 2.15. The molecule has 2 nitrogen and oxygen atoms in total. The van der Waals surface area contributed by atoms with Crippen LogP contribution < -0.4 is 0 Å². The fourth-order valence-corrected chi connectivity index (χ4v) is 1.64. The molecule has 0 aromatic heterocycles. The van der Waals surface area contributed by atoms with Crippen LogP contribution in [-0.4, -0.2) is 9.32 Å². The van der Waals surface area contributed by atoms with Gasteiger partial charge < -0.3 is 5.11 Å². The van der Waals surface area contributed by atoms with Crippen molar-refractivity contribution in [2.75, 3.05) is 0 Å². The third-order valence-corrected chi connectivity index (χ3v) is 2.66. The van der Waals surface area contributed by atoms with Crippen LogP contribution in [0.1, 0.15) is 13.8 Å². The van der Waals surface area contributed by atoms with Gasteiger partial charge in [0.05, 0.1) is 15.7 Å². The summed E-state index contributed by atoms with van der Waals surface area (Å²) in [4.78, 5) is 0.563. The van der Waals surface area contributed by atoms with E-state index in [-0.39, 0.29) is 5.76 Å². The van der Waals surface area contributed by atoms with Gasteiger partial charge in [0.2, 0.25) is 0 Å². The van der Waals surface area contributed by atoms with E-state index >= 15 is 0 Å². The molecule has 0 fully saturated rings. The minimum absolute atomic E-state index is 0.188. The van der Waals surface area contributed by atoms with E-state index < -0.39 is 10.8 Å². The van der Waals surface area contributed by atoms with Crippen LogP contribution in [0.5, 0.6) is 0 Å². The predicted octanol–water partition coefficient (Wildman–Crippen LogP) is 1.44. The molecule has 1 aliphatic rings. The van der Waals surface area contributed by atoms with Crippen molar-refractivity contribution in [3.05, 3.63) is 21.6 Å². The van der Waals surface area contributed by atoms with Gasteiger partial charge in [-0.15, -0.1) is 0 Å². The fourth-order valence-electron chi connectivity index (χ4n) is 0.678. The molecule has 0 saturated heterocycles. The Bertz CT molecular complexity index is 225. The second kappa shape index (κ2) is 1.99. The van der Waals surface area contributed by atoms with Crippen LogP contribution in [0.3, 0.4) is 0 Å². The molecule has 0 spiro atoms. The minimum Gasteiger partial charge on any atom is -0.507 e. The van der Waals surface area contributed by atoms with E-state index in [2.05, 4.69) is 0 Å². The van der Waals surface area contributed by atoms with Crippen LogP contribution >= 0.6 is 0 Å². The number of hydrogen-bond donors (Lipinski definition) is 1. The molecule has 1 aliphatic heterocycles. The van der Waals surface area contributed by atoms with Gasteiger partial charge in [-0.3, -0.25) is 0 Å². The van der Waals surface area contributed by atoms with Crippen LogP contribution in [0.4, 0.5) is 0 Å². The van der Waals surface area contributed by atoms with E-state index in [0.717, 1.165) is 0 Å². The molecule has 0 aromatic rings. The molecule has 1 rings (SSSR count). The maximum atomic E-state index is 10.8. The van der Waals surface area contributed by atoms with Crippen LogP contribution in [0.25, 0.3) is 0 Å². The van der Waals surface area contributed by atoms with Gasteiger partial charge in [-0.1, -0.05) is 0 Å². The van der Waals surface area contributed by atoms with Crippen LogP contribution in [0, 0.1) is 0 Å². The Labute approximate surface area is 56.3 Å². The van der Waals surface area contributed by atoms with Crippen molar-refractivity contribution in [3.63, 3.8) is 0 Å². The highest BCUT2D eigenvalue weighted by molar-refractivity contribution is 7.92. The number of hydrogen-bond acceptors (Lipinski definition) is 2. The topological polar surface area (TPSA) is 37.3 Å². The van der Waals surface area contributed by atoms with Crippen LogP contribution in [0.2, 0.25) is 0 Å². The summed E-state index contributed by atoms with van der Waals surface area (Å²) in [6, 6.07) is 0. The van der Waals surface area contributed by atoms with Crippen LogP contribution in [-0.2, 0) is 10.8 Å². The summed E-state index contributed by atoms with van der Waals surface area (Å²) in [5.41, 5.74) is 0.714. The van der Waals surface area contributed by atoms with E-state index in [1.165, 1.54) is 0 Å². The lowest BCUT2D eigenvalue weighted by Crippen LogP contribution is -1.83. The fraction of sp³-hybridized carbons (Fsp3) is 0.333. The lowest BCUT2D eigenvalue weighted by atomic mass is 10.3. The molecule has 1 atom stereocenters. The average molecular weight is 144 g/mol. The number of allylic oxidation sites excluding steroid dienone is 2. The van der Waals surface area contributed by atoms with Gasteiger partial charge in [0.1, 0.15) is 5.76 Å². The molecule has 0 amide bonds. The van der Waals surface area contributed by atoms with Crippen molar-refractivity contribution in [1.82, 2.24) is 0 Å². The summed E-state index contributed by atoms with van der Waals surface area (Å²) >= 11 is 0. The maximum absolute atomic E-state index is 10.8. The molecule has 0 radical (unpaired) electrons. The zero-order valence-electron chi connectivity index (χ0n) is 5.34. The summed E-state index contributed by atoms with van der Waals surface area (Å²) in [6.45, 7) is 3.40. The highest BCUT2D eigenvalue weighted by atomic mass is 32.2. The predicted molar refractivity (Wildman–Crippen MR) is 37.2 cm³/mol. The molecule has 1 N–H and O–H groups in total. The zero-order chi connectivity index (χ0) is 7.02. The molecule has 9 heavy (non-hydrogen) atoms. The highest BCUT2D eigenvalue weighted by Crippen LogP contribution is 2.22. The van der Waals surface area contributed by atoms with Crippen molar-refractivity contribution in [2.45, 2.75) is 13.8 Å². The van der Waals surface area contributed by atoms with E-state index in [4.69, 9.17) is 5.11 Å². The number of rotatable bonds is 0. The first-order valence-corrected chi connectivity index (χ1v) is 3.83. The Hall–Kier alpha value is -0.570. The molecule has 3 heteroatoms. The zero-order valence-corrected chi connectivity index (χ0v) is 6.16. The molecular weight excluding hydrogens is 136 g/mol. The standard InChI is InChI=1S/C6H8O2S/c1-4-3-9(8)5(2)6(4)7/h3,7H,1-2H3. The molecule has 1 unspecified atom stereocenters. The van der Waals surface area contributed by atoms with Gasteiger partial charge in [0, 0.05) is 11.0 Å². The Morgan fingerprint density at radius 2 is 2.11 bits per heavy atom. The SMILES string of the molecule is CC1=CS(=O)C(C)=C1O. The van der Waals surface area contributed by atoms with E-state index in [0.29, 0.717) is 10.5 Å². The van der Waals surface area contributed by atoms with E-state index in [1.807, 2.05) is 0 Å². The summed E-state index contributed by atoms with van der Waals surface area (Å²) in [6.07, 6.45) is 0. The van der Waals surface area contributed by atoms with Crippen LogP contribution in [0.15, 0.2) is 21.6 Å². The molecule has 0 aromatic carbocycles. The van der Waals surface area contributed by atoms with E-state index in [1.54, 1.807) is 19.3 Å². The second-order valence-corrected chi connectivity index (χ2v) is 3.45. The van der Waals surface area contributed by atoms with Gasteiger partial charge >= 0.3 is 0 Å². The van der Waals surface area contributed by atoms with Crippen molar-refractivity contribution in [3.8, 4) is 0 Å². The number of aliphatic hydroxyl groups excluding tert-OH is 1. The normalized spacial score (nSPS) is 26.9. The van der Waals surface area contributed by atoms with Crippen molar-refractivity contribution in [2.24, 2.45) is 0 Å². The van der Waals surface area contributed by atoms with Crippen molar-refractivity contribution < 1.29 is 9.32 Å². The first kappa shape index (κ1) is 6.55. The van der Waals surface area contributed by atoms with Gasteiger partial charge in [-0.2, -0.15) is 0 Å². The Balaban J connectivity index is 3.11. The van der Waals surface area contributed by atoms with Gasteiger partial charge in [0.15, 0.2) is 0 Å². The molecule has 0 bridgehead atoms. The third kappa shape index (κ3) is 0.920. The largest absolute Gasteiger partial charge is 0.507 e. The summed E-state index contributed by atoms with van der Waals surface area (Å²) in [7, 11) is -1.06. The molecule has 50 valence electrons. The monoisotopic (exact) mass is 144 g/mol. The van der Waals surface area contributed by atoms with Gasteiger partial charge in [-0.05, 0) is 13.8 Å². The Morgan fingerprint density at radius 1 is 1.56 bits per heavy atom. The summed E-state index contributed by atoms with van der Waals surface area (Å²) < 4.78 is 10.8. The minimum atomic E-state index is -1.06. The Morgan fingerprint density at radius 3 is 2.22 bits per heavy atom. The van der Waals surface area contributed by atoms with Gasteiger partial charge in [-0.25, -0.2) is 4.21 Å². The average Bonchev–Trinajstić information content (AvgIpc) is 1.98. The lowest BCUT2D eigenvalue weighted by Gasteiger charge is -1.91. The second-order valence-electron chi connectivity index (χ2n) is 2.00. The smallest absolute Gasteiger partial charge is 0.131 e. The number of aliphatic hydroxyl groups is 1. The maximum Gasteiger partial charge on any atom is 0.131 e. The third-order valence-electron chi connectivity index (χ3n) is 1.29. The molecular formula is C6H8O2S.